The van der Waals surface area contributed by atoms with E-state index in [0.717, 1.165) is 0 Å². The Morgan fingerprint density at radius 1 is 0.800 bits per heavy atom. The van der Waals surface area contributed by atoms with Crippen LogP contribution in [0.25, 0.3) is 0 Å². The second kappa shape index (κ2) is 10.1. The number of piperidine rings is 1. The average Bonchev–Trinajstić information content (AvgIpc) is 3.25. The zero-order chi connectivity index (χ0) is 33.5. The number of amides is 3. The number of anilines is 1. The van der Waals surface area contributed by atoms with Crippen LogP contribution in [0.4, 0.5) is 5.69 Å². The van der Waals surface area contributed by atoms with Crippen molar-refractivity contribution in [2.75, 3.05) is 5.32 Å². The molecule has 20 heteroatoms. The molecule has 0 radical (unpaired) electrons. The highest BCUT2D eigenvalue weighted by molar-refractivity contribution is 6.08. The summed E-state index contributed by atoms with van der Waals surface area (Å²) in [5, 5.41) is 125. The maximum absolute atomic E-state index is 13.1. The number of hydrogen-bond donors (Lipinski definition) is 14. The lowest BCUT2D eigenvalue weighted by molar-refractivity contribution is -0.659. The van der Waals surface area contributed by atoms with E-state index in [9.17, 15) is 75.7 Å². The quantitative estimate of drug-likeness (QED) is 0.103. The minimum atomic E-state index is -4.09. The number of nitrogens with one attached hydrogen (secondary N) is 2. The van der Waals surface area contributed by atoms with Crippen molar-refractivity contribution >= 4 is 23.4 Å². The molecule has 1 unspecified atom stereocenters. The van der Waals surface area contributed by atoms with E-state index in [0.29, 0.717) is 16.2 Å². The lowest BCUT2D eigenvalue weighted by Gasteiger charge is -2.55. The lowest BCUT2D eigenvalue weighted by Crippen LogP contribution is -2.83. The first-order chi connectivity index (χ1) is 20.6. The standard InChI is InChI=1S/C25H28N4O16/c30-17-16(20(33,34)21(35,36)19(32)27-17)28-10-14-13(18(28)31)2-1-3-15(14)26-8-11-4-6-12(7-5-11)9-29-22(37,38)24(41,42)45-25(43,44)23(29,39)40/h1-7,16,26,33-44H,8-10H2,(H,27,30,32). The predicted molar refractivity (Wildman–Crippen MR) is 137 cm³/mol. The molecule has 20 nitrogen and oxygen atoms in total. The molecule has 2 aromatic carbocycles. The summed E-state index contributed by atoms with van der Waals surface area (Å²) in [4.78, 5) is 37.7. The molecule has 14 N–H and O–H groups in total. The Labute approximate surface area is 250 Å². The maximum atomic E-state index is 13.1. The van der Waals surface area contributed by atoms with E-state index in [1.807, 2.05) is 0 Å². The monoisotopic (exact) mass is 640 g/mol. The highest BCUT2D eigenvalue weighted by Crippen LogP contribution is 2.42. The van der Waals surface area contributed by atoms with Gasteiger partial charge < -0.3 is 71.5 Å². The van der Waals surface area contributed by atoms with Gasteiger partial charge in [-0.1, -0.05) is 30.3 Å². The third kappa shape index (κ3) is 4.86. The Morgan fingerprint density at radius 2 is 1.36 bits per heavy atom. The van der Waals surface area contributed by atoms with E-state index in [1.54, 1.807) is 11.4 Å². The zero-order valence-electron chi connectivity index (χ0n) is 22.6. The number of fused-ring (bicyclic) bond motifs is 1. The number of nitrogens with zero attached hydrogens (tertiary/aromatic N) is 2. The van der Waals surface area contributed by atoms with Crippen LogP contribution in [0.3, 0.4) is 0 Å². The van der Waals surface area contributed by atoms with Crippen molar-refractivity contribution in [3.8, 4) is 0 Å². The van der Waals surface area contributed by atoms with Crippen molar-refractivity contribution in [3.05, 3.63) is 64.7 Å². The normalized spacial score (nSPS) is 25.9. The van der Waals surface area contributed by atoms with Gasteiger partial charge in [-0.25, -0.2) is 0 Å². The van der Waals surface area contributed by atoms with Gasteiger partial charge in [-0.2, -0.15) is 4.90 Å². The van der Waals surface area contributed by atoms with E-state index >= 15 is 0 Å². The summed E-state index contributed by atoms with van der Waals surface area (Å²) < 4.78 is 3.83. The van der Waals surface area contributed by atoms with E-state index in [4.69, 9.17) is 0 Å². The number of hydrogen-bond acceptors (Lipinski definition) is 18. The molecule has 2 saturated heterocycles. The van der Waals surface area contributed by atoms with E-state index in [2.05, 4.69) is 10.1 Å². The van der Waals surface area contributed by atoms with E-state index < -0.39 is 72.2 Å². The van der Waals surface area contributed by atoms with Crippen LogP contribution in [0.1, 0.15) is 27.0 Å². The zero-order valence-corrected chi connectivity index (χ0v) is 22.6. The maximum Gasteiger partial charge on any atom is 0.356 e. The second-order valence-electron chi connectivity index (χ2n) is 10.7. The molecule has 0 aliphatic carbocycles. The van der Waals surface area contributed by atoms with Crippen molar-refractivity contribution in [3.63, 3.8) is 0 Å². The minimum Gasteiger partial charge on any atom is -0.381 e. The Bertz CT molecular complexity index is 1530. The Hall–Kier alpha value is -3.71. The van der Waals surface area contributed by atoms with E-state index in [-0.39, 0.29) is 28.1 Å². The van der Waals surface area contributed by atoms with Gasteiger partial charge in [0.15, 0.2) is 6.04 Å². The summed E-state index contributed by atoms with van der Waals surface area (Å²) in [7, 11) is 0. The number of carbonyl (C=O) groups is 3. The van der Waals surface area contributed by atoms with Gasteiger partial charge in [0.2, 0.25) is 0 Å². The summed E-state index contributed by atoms with van der Waals surface area (Å²) in [6.07, 6.45) is 0. The third-order valence-corrected chi connectivity index (χ3v) is 7.76. The van der Waals surface area contributed by atoms with Gasteiger partial charge in [0.1, 0.15) is 0 Å². The first-order valence-corrected chi connectivity index (χ1v) is 12.8. The SMILES string of the molecule is O=C1NC(=O)C(O)(O)C(O)(O)C1N1Cc2c(NCc3ccc(CN4C(O)(O)C(O)(O)OC(O)(O)C4(O)O)cc3)cccc2C1=O. The molecule has 2 fully saturated rings. The first kappa shape index (κ1) is 32.7. The number of carbonyl (C=O) groups excluding carboxylic acids is 3. The molecule has 2 aromatic rings. The lowest BCUT2D eigenvalue weighted by atomic mass is 9.90. The van der Waals surface area contributed by atoms with Crippen LogP contribution in [0.2, 0.25) is 0 Å². The molecule has 0 spiro atoms. The second-order valence-corrected chi connectivity index (χ2v) is 10.7. The van der Waals surface area contributed by atoms with Gasteiger partial charge in [0.05, 0.1) is 0 Å². The summed E-state index contributed by atoms with van der Waals surface area (Å²) in [6.45, 7) is -1.26. The van der Waals surface area contributed by atoms with Crippen molar-refractivity contribution < 1.29 is 80.4 Å². The molecule has 3 aliphatic rings. The highest BCUT2D eigenvalue weighted by Gasteiger charge is 2.74. The molecule has 0 aromatic heterocycles. The number of ether oxygens (including phenoxy) is 1. The number of rotatable bonds is 6. The molecule has 3 heterocycles. The summed E-state index contributed by atoms with van der Waals surface area (Å²) in [5.74, 6) is -27.7. The van der Waals surface area contributed by atoms with Gasteiger partial charge >= 0.3 is 29.6 Å². The van der Waals surface area contributed by atoms with Crippen LogP contribution in [0.15, 0.2) is 42.5 Å². The van der Waals surface area contributed by atoms with Gasteiger partial charge in [0, 0.05) is 36.4 Å². The molecule has 3 aliphatic heterocycles. The molecule has 45 heavy (non-hydrogen) atoms. The smallest absolute Gasteiger partial charge is 0.356 e. The fraction of sp³-hybridized carbons (Fsp3) is 0.400. The van der Waals surface area contributed by atoms with Gasteiger partial charge in [0.25, 0.3) is 23.5 Å². The highest BCUT2D eigenvalue weighted by atomic mass is 16.9. The van der Waals surface area contributed by atoms with Gasteiger partial charge in [-0.3, -0.25) is 24.4 Å². The van der Waals surface area contributed by atoms with Crippen LogP contribution in [-0.4, -0.2) is 130 Å². The van der Waals surface area contributed by atoms with Crippen molar-refractivity contribution in [2.45, 2.75) is 61.0 Å². The average molecular weight is 641 g/mol. The van der Waals surface area contributed by atoms with Crippen molar-refractivity contribution in [2.24, 2.45) is 0 Å². The van der Waals surface area contributed by atoms with Crippen molar-refractivity contribution in [1.82, 2.24) is 15.1 Å². The molecule has 244 valence electrons. The summed E-state index contributed by atoms with van der Waals surface area (Å²) in [6, 6.07) is 7.70. The molecule has 0 bridgehead atoms. The van der Waals surface area contributed by atoms with Gasteiger partial charge in [-0.15, -0.1) is 0 Å². The number of aliphatic hydroxyl groups is 12. The largest absolute Gasteiger partial charge is 0.381 e. The number of morpholine rings is 1. The summed E-state index contributed by atoms with van der Waals surface area (Å²) in [5.41, 5.74) is 1.26. The van der Waals surface area contributed by atoms with E-state index in [1.165, 1.54) is 36.4 Å². The molecular weight excluding hydrogens is 612 g/mol. The predicted octanol–water partition coefficient (Wildman–Crippen LogP) is -6.97. The van der Waals surface area contributed by atoms with Crippen molar-refractivity contribution in [1.29, 1.82) is 0 Å². The molecule has 3 amide bonds. The first-order valence-electron chi connectivity index (χ1n) is 12.8. The number of imide groups is 1. The van der Waals surface area contributed by atoms with Crippen LogP contribution in [-0.2, 0) is 34.0 Å². The topological polar surface area (TPSA) is 334 Å². The number of benzene rings is 2. The molecule has 5 rings (SSSR count). The molecule has 1 atom stereocenters. The fourth-order valence-corrected chi connectivity index (χ4v) is 5.16. The summed E-state index contributed by atoms with van der Waals surface area (Å²) >= 11 is 0. The Morgan fingerprint density at radius 3 is 1.93 bits per heavy atom. The Kier molecular flexibility index (Phi) is 7.37. The van der Waals surface area contributed by atoms with Gasteiger partial charge in [-0.05, 0) is 23.3 Å². The Balaban J connectivity index is 1.31. The molecular formula is C25H28N4O16. The minimum absolute atomic E-state index is 0.0310. The fourth-order valence-electron chi connectivity index (χ4n) is 5.16. The van der Waals surface area contributed by atoms with Crippen LogP contribution < -0.4 is 10.6 Å². The third-order valence-electron chi connectivity index (χ3n) is 7.76. The molecule has 0 saturated carbocycles. The van der Waals surface area contributed by atoms with Crippen LogP contribution >= 0.6 is 0 Å². The van der Waals surface area contributed by atoms with Crippen LogP contribution in [0.5, 0.6) is 0 Å². The van der Waals surface area contributed by atoms with Crippen LogP contribution in [0, 0.1) is 0 Å².